The van der Waals surface area contributed by atoms with Crippen molar-refractivity contribution in [3.05, 3.63) is 52.0 Å². The second-order valence-electron chi connectivity index (χ2n) is 6.15. The van der Waals surface area contributed by atoms with E-state index in [0.29, 0.717) is 6.42 Å². The maximum atomic E-state index is 12.3. The Labute approximate surface area is 124 Å². The summed E-state index contributed by atoms with van der Waals surface area (Å²) in [7, 11) is 0. The van der Waals surface area contributed by atoms with Gasteiger partial charge in [0.1, 0.15) is 10.8 Å². The van der Waals surface area contributed by atoms with Gasteiger partial charge < -0.3 is 0 Å². The minimum absolute atomic E-state index is 0.0445. The highest BCUT2D eigenvalue weighted by Gasteiger charge is 2.20. The van der Waals surface area contributed by atoms with Gasteiger partial charge in [0.15, 0.2) is 0 Å². The number of Topliss-reactive ketones (excluding diaryl/α,β-unsaturated/α-hetero) is 1. The molecule has 0 radical (unpaired) electrons. The minimum Gasteiger partial charge on any atom is -0.299 e. The molecule has 2 aromatic rings. The summed E-state index contributed by atoms with van der Waals surface area (Å²) < 4.78 is 0. The molecule has 1 aromatic heterocycles. The van der Waals surface area contributed by atoms with Gasteiger partial charge in [0.25, 0.3) is 0 Å². The van der Waals surface area contributed by atoms with Gasteiger partial charge in [0, 0.05) is 16.7 Å². The van der Waals surface area contributed by atoms with Crippen molar-refractivity contribution in [2.24, 2.45) is 0 Å². The van der Waals surface area contributed by atoms with E-state index in [1.165, 1.54) is 0 Å². The first kappa shape index (κ1) is 14.9. The van der Waals surface area contributed by atoms with Gasteiger partial charge >= 0.3 is 0 Å². The van der Waals surface area contributed by atoms with Crippen LogP contribution in [0.1, 0.15) is 49.9 Å². The van der Waals surface area contributed by atoms with Crippen LogP contribution in [0, 0.1) is 0 Å². The molecular weight excluding hydrogens is 266 g/mol. The molecule has 2 rings (SSSR count). The molecule has 0 bridgehead atoms. The molecule has 0 N–H and O–H groups in total. The van der Waals surface area contributed by atoms with E-state index in [2.05, 4.69) is 31.1 Å². The second kappa shape index (κ2) is 5.88. The molecule has 1 atom stereocenters. The molecule has 1 heterocycles. The Hall–Kier alpha value is -1.48. The predicted octanol–water partition coefficient (Wildman–Crippen LogP) is 4.36. The quantitative estimate of drug-likeness (QED) is 0.836. The highest BCUT2D eigenvalue weighted by molar-refractivity contribution is 7.09. The average Bonchev–Trinajstić information content (AvgIpc) is 2.87. The fourth-order valence-corrected chi connectivity index (χ4v) is 3.00. The summed E-state index contributed by atoms with van der Waals surface area (Å²) in [6, 6.07) is 9.92. The summed E-state index contributed by atoms with van der Waals surface area (Å²) in [5, 5.41) is 2.98. The van der Waals surface area contributed by atoms with Crippen LogP contribution in [-0.4, -0.2) is 10.8 Å². The van der Waals surface area contributed by atoms with E-state index in [1.807, 2.05) is 37.3 Å². The van der Waals surface area contributed by atoms with Crippen LogP contribution in [-0.2, 0) is 16.6 Å². The van der Waals surface area contributed by atoms with Crippen LogP contribution in [0.5, 0.6) is 0 Å². The Morgan fingerprint density at radius 3 is 2.45 bits per heavy atom. The van der Waals surface area contributed by atoms with Gasteiger partial charge in [0.05, 0.1) is 12.1 Å². The third-order valence-corrected chi connectivity index (χ3v) is 4.28. The molecule has 0 saturated heterocycles. The van der Waals surface area contributed by atoms with Crippen LogP contribution < -0.4 is 0 Å². The molecule has 0 aliphatic heterocycles. The molecule has 3 heteroatoms. The summed E-state index contributed by atoms with van der Waals surface area (Å²) in [4.78, 5) is 16.9. The zero-order valence-corrected chi connectivity index (χ0v) is 13.3. The molecule has 2 nitrogen and oxygen atoms in total. The lowest BCUT2D eigenvalue weighted by Crippen LogP contribution is -2.14. The average molecular weight is 287 g/mol. The minimum atomic E-state index is -0.0711. The van der Waals surface area contributed by atoms with Crippen molar-refractivity contribution in [3.8, 4) is 0 Å². The molecule has 106 valence electrons. The number of aromatic nitrogens is 1. The van der Waals surface area contributed by atoms with E-state index in [0.717, 1.165) is 16.3 Å². The van der Waals surface area contributed by atoms with Crippen molar-refractivity contribution in [2.75, 3.05) is 0 Å². The third kappa shape index (κ3) is 3.54. The van der Waals surface area contributed by atoms with Crippen LogP contribution in [0.3, 0.4) is 0 Å². The van der Waals surface area contributed by atoms with Crippen molar-refractivity contribution in [2.45, 2.75) is 45.4 Å². The van der Waals surface area contributed by atoms with Gasteiger partial charge in [0.2, 0.25) is 0 Å². The van der Waals surface area contributed by atoms with E-state index in [4.69, 9.17) is 0 Å². The fourth-order valence-electron chi connectivity index (χ4n) is 1.97. The predicted molar refractivity (Wildman–Crippen MR) is 84.4 cm³/mol. The molecule has 0 aliphatic rings. The lowest BCUT2D eigenvalue weighted by molar-refractivity contribution is -0.119. The first-order valence-electron chi connectivity index (χ1n) is 6.90. The largest absolute Gasteiger partial charge is 0.299 e. The standard InChI is InChI=1S/C17H21NOS/c1-12(13-8-6-5-7-9-13)14(19)10-16-18-15(11-20-16)17(2,3)4/h5-9,11-12H,10H2,1-4H3. The Balaban J connectivity index is 2.07. The third-order valence-electron chi connectivity index (χ3n) is 3.43. The summed E-state index contributed by atoms with van der Waals surface area (Å²) in [6.45, 7) is 8.39. The number of ketones is 1. The normalized spacial score (nSPS) is 13.2. The second-order valence-corrected chi connectivity index (χ2v) is 7.09. The van der Waals surface area contributed by atoms with Gasteiger partial charge in [-0.05, 0) is 5.56 Å². The van der Waals surface area contributed by atoms with Crippen LogP contribution in [0.25, 0.3) is 0 Å². The highest BCUT2D eigenvalue weighted by atomic mass is 32.1. The monoisotopic (exact) mass is 287 g/mol. The van der Waals surface area contributed by atoms with E-state index >= 15 is 0 Å². The maximum Gasteiger partial charge on any atom is 0.146 e. The smallest absolute Gasteiger partial charge is 0.146 e. The first-order chi connectivity index (χ1) is 9.38. The number of benzene rings is 1. The molecule has 1 aromatic carbocycles. The lowest BCUT2D eigenvalue weighted by atomic mass is 9.93. The van der Waals surface area contributed by atoms with Gasteiger partial charge in [-0.2, -0.15) is 0 Å². The summed E-state index contributed by atoms with van der Waals surface area (Å²) in [6.07, 6.45) is 0.427. The molecule has 0 spiro atoms. The number of carbonyl (C=O) groups excluding carboxylic acids is 1. The van der Waals surface area contributed by atoms with Crippen molar-refractivity contribution in [1.29, 1.82) is 0 Å². The summed E-state index contributed by atoms with van der Waals surface area (Å²) >= 11 is 1.59. The topological polar surface area (TPSA) is 30.0 Å². The molecular formula is C17H21NOS. The number of rotatable bonds is 4. The number of nitrogens with zero attached hydrogens (tertiary/aromatic N) is 1. The lowest BCUT2D eigenvalue weighted by Gasteiger charge is -2.14. The van der Waals surface area contributed by atoms with E-state index < -0.39 is 0 Å². The highest BCUT2D eigenvalue weighted by Crippen LogP contribution is 2.25. The van der Waals surface area contributed by atoms with Gasteiger partial charge in [-0.25, -0.2) is 4.98 Å². The Morgan fingerprint density at radius 1 is 1.25 bits per heavy atom. The van der Waals surface area contributed by atoms with Crippen molar-refractivity contribution in [1.82, 2.24) is 4.98 Å². The molecule has 20 heavy (non-hydrogen) atoms. The van der Waals surface area contributed by atoms with Crippen molar-refractivity contribution < 1.29 is 4.79 Å². The van der Waals surface area contributed by atoms with Gasteiger partial charge in [-0.3, -0.25) is 4.79 Å². The van der Waals surface area contributed by atoms with Gasteiger partial charge in [-0.15, -0.1) is 11.3 Å². The number of carbonyl (C=O) groups is 1. The molecule has 0 saturated carbocycles. The first-order valence-corrected chi connectivity index (χ1v) is 7.78. The van der Waals surface area contributed by atoms with Crippen LogP contribution >= 0.6 is 11.3 Å². The number of thiazole rings is 1. The number of hydrogen-bond donors (Lipinski definition) is 0. The fraction of sp³-hybridized carbons (Fsp3) is 0.412. The Bertz CT molecular complexity index is 581. The zero-order chi connectivity index (χ0) is 14.8. The van der Waals surface area contributed by atoms with Crippen molar-refractivity contribution in [3.63, 3.8) is 0 Å². The van der Waals surface area contributed by atoms with Crippen LogP contribution in [0.2, 0.25) is 0 Å². The number of hydrogen-bond acceptors (Lipinski definition) is 3. The van der Waals surface area contributed by atoms with Gasteiger partial charge in [-0.1, -0.05) is 58.0 Å². The van der Waals surface area contributed by atoms with E-state index in [9.17, 15) is 4.79 Å². The van der Waals surface area contributed by atoms with Crippen molar-refractivity contribution >= 4 is 17.1 Å². The molecule has 0 amide bonds. The molecule has 1 unspecified atom stereocenters. The van der Waals surface area contributed by atoms with E-state index in [-0.39, 0.29) is 17.1 Å². The van der Waals surface area contributed by atoms with E-state index in [1.54, 1.807) is 11.3 Å². The molecule has 0 aliphatic carbocycles. The Morgan fingerprint density at radius 2 is 1.90 bits per heavy atom. The van der Waals surface area contributed by atoms with Crippen LogP contribution in [0.15, 0.2) is 35.7 Å². The maximum absolute atomic E-state index is 12.3. The summed E-state index contributed by atoms with van der Waals surface area (Å²) in [5.41, 5.74) is 2.19. The SMILES string of the molecule is CC(C(=O)Cc1nc(C(C)(C)C)cs1)c1ccccc1. The van der Waals surface area contributed by atoms with Crippen LogP contribution in [0.4, 0.5) is 0 Å². The Kier molecular flexibility index (Phi) is 4.39. The molecule has 0 fully saturated rings. The zero-order valence-electron chi connectivity index (χ0n) is 12.5. The summed E-state index contributed by atoms with van der Waals surface area (Å²) in [5.74, 6) is 0.157.